The molecule has 1 nitrogen and oxygen atoms in total. The smallest absolute Gasteiger partial charge is 0.193 e. The lowest BCUT2D eigenvalue weighted by molar-refractivity contribution is 0.103. The molecule has 0 bridgehead atoms. The predicted molar refractivity (Wildman–Crippen MR) is 75.7 cm³/mol. The maximum Gasteiger partial charge on any atom is 0.193 e. The molecule has 0 radical (unpaired) electrons. The van der Waals surface area contributed by atoms with Crippen molar-refractivity contribution in [3.05, 3.63) is 68.2 Å². The molecule has 0 aliphatic rings. The van der Waals surface area contributed by atoms with Crippen molar-refractivity contribution in [2.75, 3.05) is 0 Å². The molecule has 20 heavy (non-hydrogen) atoms. The predicted octanol–water partition coefficient (Wildman–Crippen LogP) is 5.12. The highest BCUT2D eigenvalue weighted by Gasteiger charge is 2.19. The SMILES string of the molecule is Cc1c(Cl)cc(F)cc1C(=O)c1cc(F)cc(Cl)c1C. The van der Waals surface area contributed by atoms with E-state index in [9.17, 15) is 13.6 Å². The Labute approximate surface area is 125 Å². The number of hydrogen-bond donors (Lipinski definition) is 0. The van der Waals surface area contributed by atoms with Gasteiger partial charge in [0.2, 0.25) is 0 Å². The minimum absolute atomic E-state index is 0.0970. The van der Waals surface area contributed by atoms with Crippen LogP contribution < -0.4 is 0 Å². The Morgan fingerprint density at radius 3 is 1.55 bits per heavy atom. The number of hydrogen-bond acceptors (Lipinski definition) is 1. The molecule has 0 N–H and O–H groups in total. The Bertz CT molecular complexity index is 652. The van der Waals surface area contributed by atoms with Gasteiger partial charge < -0.3 is 0 Å². The second-order valence-electron chi connectivity index (χ2n) is 4.45. The van der Waals surface area contributed by atoms with Crippen molar-refractivity contribution < 1.29 is 13.6 Å². The van der Waals surface area contributed by atoms with Crippen LogP contribution in [0.1, 0.15) is 27.0 Å². The van der Waals surface area contributed by atoms with Crippen LogP contribution in [0.25, 0.3) is 0 Å². The van der Waals surface area contributed by atoms with Crippen molar-refractivity contribution in [2.45, 2.75) is 13.8 Å². The van der Waals surface area contributed by atoms with Gasteiger partial charge in [-0.25, -0.2) is 8.78 Å². The first-order valence-corrected chi connectivity index (χ1v) is 6.53. The van der Waals surface area contributed by atoms with Crippen LogP contribution in [0.2, 0.25) is 10.0 Å². The maximum absolute atomic E-state index is 13.4. The Hall–Kier alpha value is -1.45. The van der Waals surface area contributed by atoms with Gasteiger partial charge in [0, 0.05) is 21.2 Å². The van der Waals surface area contributed by atoms with Gasteiger partial charge >= 0.3 is 0 Å². The summed E-state index contributed by atoms with van der Waals surface area (Å²) in [5, 5.41) is 0.294. The van der Waals surface area contributed by atoms with E-state index < -0.39 is 17.4 Å². The van der Waals surface area contributed by atoms with E-state index in [-0.39, 0.29) is 21.2 Å². The second kappa shape index (κ2) is 5.51. The molecule has 0 spiro atoms. The summed E-state index contributed by atoms with van der Waals surface area (Å²) in [6.07, 6.45) is 0. The Kier molecular flexibility index (Phi) is 4.11. The molecule has 0 heterocycles. The summed E-state index contributed by atoms with van der Waals surface area (Å²) >= 11 is 11.7. The Morgan fingerprint density at radius 1 is 0.850 bits per heavy atom. The molecule has 0 aliphatic heterocycles. The fraction of sp³-hybridized carbons (Fsp3) is 0.133. The molecule has 104 valence electrons. The summed E-state index contributed by atoms with van der Waals surface area (Å²) in [6, 6.07) is 4.42. The number of ketones is 1. The summed E-state index contributed by atoms with van der Waals surface area (Å²) in [5.41, 5.74) is 1.08. The van der Waals surface area contributed by atoms with Crippen LogP contribution in [0.3, 0.4) is 0 Å². The average molecular weight is 315 g/mol. The molecular formula is C15H10Cl2F2O. The van der Waals surface area contributed by atoms with E-state index in [2.05, 4.69) is 0 Å². The first-order valence-electron chi connectivity index (χ1n) is 5.77. The number of rotatable bonds is 2. The molecule has 0 amide bonds. The molecule has 0 saturated heterocycles. The topological polar surface area (TPSA) is 17.1 Å². The largest absolute Gasteiger partial charge is 0.289 e. The van der Waals surface area contributed by atoms with Crippen LogP contribution >= 0.6 is 23.2 Å². The van der Waals surface area contributed by atoms with Crippen molar-refractivity contribution in [3.8, 4) is 0 Å². The molecule has 0 unspecified atom stereocenters. The quantitative estimate of drug-likeness (QED) is 0.703. The zero-order chi connectivity index (χ0) is 15.0. The number of benzene rings is 2. The van der Waals surface area contributed by atoms with E-state index in [1.807, 2.05) is 0 Å². The molecule has 0 aromatic heterocycles. The summed E-state index contributed by atoms with van der Waals surface area (Å²) in [4.78, 5) is 12.4. The zero-order valence-corrected chi connectivity index (χ0v) is 12.2. The van der Waals surface area contributed by atoms with Gasteiger partial charge in [-0.1, -0.05) is 23.2 Å². The fourth-order valence-electron chi connectivity index (χ4n) is 1.91. The van der Waals surface area contributed by atoms with Gasteiger partial charge in [-0.3, -0.25) is 4.79 Å². The van der Waals surface area contributed by atoms with Crippen molar-refractivity contribution in [1.82, 2.24) is 0 Å². The maximum atomic E-state index is 13.4. The highest BCUT2D eigenvalue weighted by molar-refractivity contribution is 6.33. The Balaban J connectivity index is 2.64. The third-order valence-electron chi connectivity index (χ3n) is 3.11. The number of carbonyl (C=O) groups excluding carboxylic acids is 1. The third-order valence-corrected chi connectivity index (χ3v) is 3.89. The standard InChI is InChI=1S/C15H10Cl2F2O/c1-7-11(3-9(18)5-13(7)16)15(20)12-4-10(19)6-14(17)8(12)2/h3-6H,1-2H3. The van der Waals surface area contributed by atoms with Crippen LogP contribution in [0.4, 0.5) is 8.78 Å². The van der Waals surface area contributed by atoms with E-state index in [0.29, 0.717) is 11.1 Å². The third kappa shape index (κ3) is 2.69. The lowest BCUT2D eigenvalue weighted by atomic mass is 9.96. The van der Waals surface area contributed by atoms with E-state index in [1.54, 1.807) is 13.8 Å². The summed E-state index contributed by atoms with van der Waals surface area (Å²) in [5.74, 6) is -1.75. The highest BCUT2D eigenvalue weighted by Crippen LogP contribution is 2.27. The first kappa shape index (κ1) is 14.9. The van der Waals surface area contributed by atoms with Crippen LogP contribution in [-0.2, 0) is 0 Å². The fourth-order valence-corrected chi connectivity index (χ4v) is 2.32. The van der Waals surface area contributed by atoms with Crippen LogP contribution in [0, 0.1) is 25.5 Å². The van der Waals surface area contributed by atoms with E-state index >= 15 is 0 Å². The second-order valence-corrected chi connectivity index (χ2v) is 5.26. The molecule has 2 aromatic rings. The van der Waals surface area contributed by atoms with Gasteiger partial charge in [0.05, 0.1) is 0 Å². The zero-order valence-electron chi connectivity index (χ0n) is 10.7. The molecule has 5 heteroatoms. The lowest BCUT2D eigenvalue weighted by Gasteiger charge is -2.10. The number of halogens is 4. The molecule has 0 fully saturated rings. The van der Waals surface area contributed by atoms with Crippen LogP contribution in [-0.4, -0.2) is 5.78 Å². The van der Waals surface area contributed by atoms with Gasteiger partial charge in [0.15, 0.2) is 5.78 Å². The van der Waals surface area contributed by atoms with Gasteiger partial charge in [-0.15, -0.1) is 0 Å². The van der Waals surface area contributed by atoms with Crippen molar-refractivity contribution in [3.63, 3.8) is 0 Å². The number of carbonyl (C=O) groups is 1. The summed E-state index contributed by atoms with van der Waals surface area (Å²) < 4.78 is 26.8. The normalized spacial score (nSPS) is 10.7. The minimum Gasteiger partial charge on any atom is -0.289 e. The molecule has 2 rings (SSSR count). The highest BCUT2D eigenvalue weighted by atomic mass is 35.5. The summed E-state index contributed by atoms with van der Waals surface area (Å²) in [7, 11) is 0. The minimum atomic E-state index is -0.621. The van der Waals surface area contributed by atoms with Gasteiger partial charge in [0.1, 0.15) is 11.6 Å². The van der Waals surface area contributed by atoms with Gasteiger partial charge in [-0.05, 0) is 49.2 Å². The summed E-state index contributed by atoms with van der Waals surface area (Å²) in [6.45, 7) is 3.20. The molecule has 2 aromatic carbocycles. The van der Waals surface area contributed by atoms with Crippen LogP contribution in [0.15, 0.2) is 24.3 Å². The van der Waals surface area contributed by atoms with E-state index in [4.69, 9.17) is 23.2 Å². The van der Waals surface area contributed by atoms with Crippen molar-refractivity contribution in [2.24, 2.45) is 0 Å². The molecule has 0 atom stereocenters. The Morgan fingerprint density at radius 2 is 1.20 bits per heavy atom. The van der Waals surface area contributed by atoms with Crippen LogP contribution in [0.5, 0.6) is 0 Å². The van der Waals surface area contributed by atoms with E-state index in [1.165, 1.54) is 0 Å². The van der Waals surface area contributed by atoms with Gasteiger partial charge in [0.25, 0.3) is 0 Å². The van der Waals surface area contributed by atoms with Crippen molar-refractivity contribution >= 4 is 29.0 Å². The monoisotopic (exact) mass is 314 g/mol. The molecule has 0 saturated carbocycles. The van der Waals surface area contributed by atoms with E-state index in [0.717, 1.165) is 24.3 Å². The van der Waals surface area contributed by atoms with Crippen molar-refractivity contribution in [1.29, 1.82) is 0 Å². The van der Waals surface area contributed by atoms with Gasteiger partial charge in [-0.2, -0.15) is 0 Å². The molecular weight excluding hydrogens is 305 g/mol. The average Bonchev–Trinajstić information content (AvgIpc) is 2.37. The molecule has 0 aliphatic carbocycles. The lowest BCUT2D eigenvalue weighted by Crippen LogP contribution is -2.08. The first-order chi connectivity index (χ1) is 9.31.